The lowest BCUT2D eigenvalue weighted by Crippen LogP contribution is -2.55. The third kappa shape index (κ3) is 5.84. The van der Waals surface area contributed by atoms with E-state index < -0.39 is 0 Å². The molecular formula is C18H30N4O. The van der Waals surface area contributed by atoms with Crippen molar-refractivity contribution in [2.24, 2.45) is 0 Å². The van der Waals surface area contributed by atoms with Gasteiger partial charge >= 0.3 is 6.03 Å². The van der Waals surface area contributed by atoms with Crippen molar-refractivity contribution in [2.75, 3.05) is 46.8 Å². The summed E-state index contributed by atoms with van der Waals surface area (Å²) in [5.41, 5.74) is 1.32. The number of hydrogen-bond donors (Lipinski definition) is 2. The Morgan fingerprint density at radius 3 is 2.70 bits per heavy atom. The van der Waals surface area contributed by atoms with E-state index in [4.69, 9.17) is 0 Å². The molecule has 1 fully saturated rings. The van der Waals surface area contributed by atoms with Gasteiger partial charge < -0.3 is 15.5 Å². The predicted octanol–water partition coefficient (Wildman–Crippen LogP) is 1.73. The fourth-order valence-corrected chi connectivity index (χ4v) is 2.95. The molecule has 0 saturated carbocycles. The van der Waals surface area contributed by atoms with Crippen LogP contribution in [0.15, 0.2) is 30.3 Å². The van der Waals surface area contributed by atoms with E-state index in [2.05, 4.69) is 65.7 Å². The molecule has 5 heteroatoms. The molecular weight excluding hydrogens is 288 g/mol. The van der Waals surface area contributed by atoms with Crippen molar-refractivity contribution in [1.82, 2.24) is 20.4 Å². The number of nitrogens with zero attached hydrogens (tertiary/aromatic N) is 2. The zero-order valence-electron chi connectivity index (χ0n) is 14.6. The Morgan fingerprint density at radius 2 is 1.96 bits per heavy atom. The highest BCUT2D eigenvalue weighted by molar-refractivity contribution is 5.73. The summed E-state index contributed by atoms with van der Waals surface area (Å²) in [6, 6.07) is 10.8. The van der Waals surface area contributed by atoms with Crippen LogP contribution in [0, 0.1) is 0 Å². The van der Waals surface area contributed by atoms with Crippen LogP contribution < -0.4 is 10.6 Å². The first-order valence-electron chi connectivity index (χ1n) is 8.51. The number of rotatable bonds is 6. The van der Waals surface area contributed by atoms with Crippen molar-refractivity contribution in [3.63, 3.8) is 0 Å². The third-order valence-corrected chi connectivity index (χ3v) is 4.71. The van der Waals surface area contributed by atoms with Crippen LogP contribution in [0.3, 0.4) is 0 Å². The quantitative estimate of drug-likeness (QED) is 0.840. The summed E-state index contributed by atoms with van der Waals surface area (Å²) in [4.78, 5) is 16.6. The molecule has 2 atom stereocenters. The number of amides is 2. The third-order valence-electron chi connectivity index (χ3n) is 4.71. The van der Waals surface area contributed by atoms with Crippen LogP contribution >= 0.6 is 0 Å². The number of likely N-dealkylation sites (N-methyl/N-ethyl adjacent to an activating group) is 2. The van der Waals surface area contributed by atoms with Crippen molar-refractivity contribution in [3.8, 4) is 0 Å². The van der Waals surface area contributed by atoms with Gasteiger partial charge in [0.25, 0.3) is 0 Å². The molecule has 1 aliphatic rings. The highest BCUT2D eigenvalue weighted by atomic mass is 16.2. The summed E-state index contributed by atoms with van der Waals surface area (Å²) in [6.07, 6.45) is 0.948. The van der Waals surface area contributed by atoms with E-state index in [0.717, 1.165) is 26.1 Å². The van der Waals surface area contributed by atoms with Crippen molar-refractivity contribution < 1.29 is 4.79 Å². The van der Waals surface area contributed by atoms with Gasteiger partial charge in [-0.05, 0) is 32.0 Å². The van der Waals surface area contributed by atoms with E-state index in [0.29, 0.717) is 25.0 Å². The summed E-state index contributed by atoms with van der Waals surface area (Å²) in [7, 11) is 4.25. The molecule has 2 amide bonds. The Morgan fingerprint density at radius 1 is 1.22 bits per heavy atom. The first kappa shape index (κ1) is 17.8. The van der Waals surface area contributed by atoms with Crippen LogP contribution in [0.25, 0.3) is 0 Å². The molecule has 1 aromatic carbocycles. The lowest BCUT2D eigenvalue weighted by molar-refractivity contribution is 0.114. The second-order valence-electron chi connectivity index (χ2n) is 6.63. The van der Waals surface area contributed by atoms with E-state index in [1.54, 1.807) is 0 Å². The van der Waals surface area contributed by atoms with Gasteiger partial charge in [-0.2, -0.15) is 0 Å². The van der Waals surface area contributed by atoms with Gasteiger partial charge in [0.05, 0.1) is 0 Å². The van der Waals surface area contributed by atoms with Gasteiger partial charge in [-0.25, -0.2) is 4.79 Å². The SMILES string of the molecule is C[C@H](CCNC(=O)NC[C@H]1CN(C)CCN1C)c1ccccc1. The molecule has 23 heavy (non-hydrogen) atoms. The maximum Gasteiger partial charge on any atom is 0.314 e. The largest absolute Gasteiger partial charge is 0.338 e. The minimum atomic E-state index is -0.0631. The summed E-state index contributed by atoms with van der Waals surface area (Å²) < 4.78 is 0. The molecule has 0 aromatic heterocycles. The van der Waals surface area contributed by atoms with Crippen LogP contribution in [-0.4, -0.2) is 68.7 Å². The minimum Gasteiger partial charge on any atom is -0.338 e. The van der Waals surface area contributed by atoms with Crippen molar-refractivity contribution in [2.45, 2.75) is 25.3 Å². The summed E-state index contributed by atoms with van der Waals surface area (Å²) >= 11 is 0. The number of piperazine rings is 1. The highest BCUT2D eigenvalue weighted by Gasteiger charge is 2.22. The molecule has 0 radical (unpaired) electrons. The Hall–Kier alpha value is -1.59. The molecule has 1 heterocycles. The molecule has 1 aromatic rings. The lowest BCUT2D eigenvalue weighted by atomic mass is 9.98. The smallest absolute Gasteiger partial charge is 0.314 e. The minimum absolute atomic E-state index is 0.0631. The van der Waals surface area contributed by atoms with E-state index in [9.17, 15) is 4.79 Å². The Balaban J connectivity index is 1.63. The van der Waals surface area contributed by atoms with Gasteiger partial charge in [-0.1, -0.05) is 37.3 Å². The average molecular weight is 318 g/mol. The lowest BCUT2D eigenvalue weighted by Gasteiger charge is -2.37. The van der Waals surface area contributed by atoms with Crippen molar-refractivity contribution in [1.29, 1.82) is 0 Å². The molecule has 2 rings (SSSR count). The second kappa shape index (κ2) is 8.89. The second-order valence-corrected chi connectivity index (χ2v) is 6.63. The number of carbonyl (C=O) groups is 1. The maximum absolute atomic E-state index is 11.9. The zero-order valence-corrected chi connectivity index (χ0v) is 14.6. The summed E-state index contributed by atoms with van der Waals surface area (Å²) in [5, 5.41) is 5.97. The topological polar surface area (TPSA) is 47.6 Å². The fraction of sp³-hybridized carbons (Fsp3) is 0.611. The Labute approximate surface area is 140 Å². The first-order valence-corrected chi connectivity index (χ1v) is 8.51. The number of hydrogen-bond acceptors (Lipinski definition) is 3. The summed E-state index contributed by atoms with van der Waals surface area (Å²) in [5.74, 6) is 0.453. The molecule has 2 N–H and O–H groups in total. The van der Waals surface area contributed by atoms with Crippen LogP contribution in [0.5, 0.6) is 0 Å². The molecule has 0 aliphatic carbocycles. The summed E-state index contributed by atoms with van der Waals surface area (Å²) in [6.45, 7) is 6.74. The fourth-order valence-electron chi connectivity index (χ4n) is 2.95. The standard InChI is InChI=1S/C18H30N4O/c1-15(16-7-5-4-6-8-16)9-10-19-18(23)20-13-17-14-21(2)11-12-22(17)3/h4-8,15,17H,9-14H2,1-3H3,(H2,19,20,23)/t15-,17+/m1/s1. The Bertz CT molecular complexity index is 479. The van der Waals surface area contributed by atoms with Gasteiger partial charge in [0.1, 0.15) is 0 Å². The number of urea groups is 1. The number of nitrogens with one attached hydrogen (secondary N) is 2. The molecule has 0 unspecified atom stereocenters. The van der Waals surface area contributed by atoms with E-state index in [1.807, 2.05) is 6.07 Å². The van der Waals surface area contributed by atoms with E-state index >= 15 is 0 Å². The highest BCUT2D eigenvalue weighted by Crippen LogP contribution is 2.17. The first-order chi connectivity index (χ1) is 11.1. The predicted molar refractivity (Wildman–Crippen MR) is 94.8 cm³/mol. The monoisotopic (exact) mass is 318 g/mol. The van der Waals surface area contributed by atoms with E-state index in [1.165, 1.54) is 5.56 Å². The molecule has 1 aliphatic heterocycles. The normalized spacial score (nSPS) is 20.9. The molecule has 128 valence electrons. The number of benzene rings is 1. The van der Waals surface area contributed by atoms with Gasteiger partial charge in [-0.15, -0.1) is 0 Å². The Kier molecular flexibility index (Phi) is 6.86. The number of carbonyl (C=O) groups excluding carboxylic acids is 1. The average Bonchev–Trinajstić information content (AvgIpc) is 2.56. The van der Waals surface area contributed by atoms with E-state index in [-0.39, 0.29) is 6.03 Å². The molecule has 5 nitrogen and oxygen atoms in total. The van der Waals surface area contributed by atoms with Crippen molar-refractivity contribution in [3.05, 3.63) is 35.9 Å². The molecule has 1 saturated heterocycles. The van der Waals surface area contributed by atoms with Crippen LogP contribution in [0.1, 0.15) is 24.8 Å². The van der Waals surface area contributed by atoms with Gasteiger partial charge in [0, 0.05) is 38.8 Å². The van der Waals surface area contributed by atoms with Gasteiger partial charge in [0.15, 0.2) is 0 Å². The van der Waals surface area contributed by atoms with Gasteiger partial charge in [-0.3, -0.25) is 4.90 Å². The van der Waals surface area contributed by atoms with Crippen molar-refractivity contribution >= 4 is 6.03 Å². The molecule has 0 spiro atoms. The van der Waals surface area contributed by atoms with Crippen LogP contribution in [-0.2, 0) is 0 Å². The van der Waals surface area contributed by atoms with Crippen LogP contribution in [0.2, 0.25) is 0 Å². The molecule has 0 bridgehead atoms. The van der Waals surface area contributed by atoms with Gasteiger partial charge in [0.2, 0.25) is 0 Å². The van der Waals surface area contributed by atoms with Crippen LogP contribution in [0.4, 0.5) is 4.79 Å². The maximum atomic E-state index is 11.9. The zero-order chi connectivity index (χ0) is 16.7.